The molecule has 0 saturated heterocycles. The fourth-order valence-electron chi connectivity index (χ4n) is 1.82. The van der Waals surface area contributed by atoms with Crippen molar-refractivity contribution < 1.29 is 9.90 Å². The maximum atomic E-state index is 11.2. The molecule has 1 rings (SSSR count). The maximum Gasteiger partial charge on any atom is 0.306 e. The van der Waals surface area contributed by atoms with E-state index in [9.17, 15) is 4.79 Å². The molecule has 0 bridgehead atoms. The number of tetrazole rings is 1. The van der Waals surface area contributed by atoms with E-state index in [1.54, 1.807) is 4.68 Å². The molecule has 17 heavy (non-hydrogen) atoms. The Bertz CT molecular complexity index is 362. The summed E-state index contributed by atoms with van der Waals surface area (Å²) >= 11 is 0. The number of nitrogens with zero attached hydrogens (tertiary/aromatic N) is 4. The number of aryl methyl sites for hydroxylation is 1. The van der Waals surface area contributed by atoms with E-state index in [0.29, 0.717) is 24.6 Å². The number of hydrogen-bond donors (Lipinski definition) is 1. The predicted octanol–water partition coefficient (Wildman–Crippen LogP) is 1.37. The van der Waals surface area contributed by atoms with Crippen LogP contribution in [0.5, 0.6) is 0 Å². The molecule has 0 spiro atoms. The van der Waals surface area contributed by atoms with Crippen molar-refractivity contribution in [3.63, 3.8) is 0 Å². The molecule has 6 nitrogen and oxygen atoms in total. The number of carboxylic acids is 1. The Hall–Kier alpha value is -1.46. The first kappa shape index (κ1) is 13.6. The van der Waals surface area contributed by atoms with Crippen LogP contribution in [-0.2, 0) is 17.8 Å². The van der Waals surface area contributed by atoms with Gasteiger partial charge in [0.05, 0.1) is 5.92 Å². The second-order valence-electron chi connectivity index (χ2n) is 4.69. The highest BCUT2D eigenvalue weighted by atomic mass is 16.4. The van der Waals surface area contributed by atoms with Crippen LogP contribution in [0, 0.1) is 11.8 Å². The highest BCUT2D eigenvalue weighted by molar-refractivity contribution is 5.70. The van der Waals surface area contributed by atoms with Gasteiger partial charge in [-0.3, -0.25) is 4.79 Å². The molecule has 6 heteroatoms. The van der Waals surface area contributed by atoms with E-state index in [2.05, 4.69) is 15.5 Å². The lowest BCUT2D eigenvalue weighted by Gasteiger charge is -2.13. The zero-order valence-corrected chi connectivity index (χ0v) is 10.6. The van der Waals surface area contributed by atoms with Crippen molar-refractivity contribution in [2.45, 2.75) is 46.6 Å². The van der Waals surface area contributed by atoms with Gasteiger partial charge < -0.3 is 5.11 Å². The molecule has 1 aromatic heterocycles. The van der Waals surface area contributed by atoms with Crippen LogP contribution in [0.1, 0.15) is 39.4 Å². The first-order valence-corrected chi connectivity index (χ1v) is 6.02. The zero-order chi connectivity index (χ0) is 12.8. The van der Waals surface area contributed by atoms with E-state index in [0.717, 1.165) is 13.0 Å². The molecular weight excluding hydrogens is 220 g/mol. The summed E-state index contributed by atoms with van der Waals surface area (Å²) in [5.74, 6) is -0.159. The number of hydrogen-bond acceptors (Lipinski definition) is 4. The summed E-state index contributed by atoms with van der Waals surface area (Å²) in [6.07, 6.45) is 1.98. The van der Waals surface area contributed by atoms with E-state index in [4.69, 9.17) is 5.11 Å². The monoisotopic (exact) mass is 240 g/mol. The molecule has 1 heterocycles. The Morgan fingerprint density at radius 3 is 2.71 bits per heavy atom. The van der Waals surface area contributed by atoms with Crippen molar-refractivity contribution in [1.29, 1.82) is 0 Å². The van der Waals surface area contributed by atoms with Crippen LogP contribution in [0.3, 0.4) is 0 Å². The molecule has 0 radical (unpaired) electrons. The van der Waals surface area contributed by atoms with Gasteiger partial charge in [0, 0.05) is 13.0 Å². The van der Waals surface area contributed by atoms with Crippen LogP contribution in [0.2, 0.25) is 0 Å². The summed E-state index contributed by atoms with van der Waals surface area (Å²) in [6.45, 7) is 6.81. The van der Waals surface area contributed by atoms with Crippen molar-refractivity contribution in [3.8, 4) is 0 Å². The lowest BCUT2D eigenvalue weighted by Crippen LogP contribution is -2.21. The van der Waals surface area contributed by atoms with Gasteiger partial charge in [-0.25, -0.2) is 4.68 Å². The second-order valence-corrected chi connectivity index (χ2v) is 4.69. The molecule has 1 unspecified atom stereocenters. The Labute approximate surface area is 101 Å². The number of aliphatic carboxylic acids is 1. The van der Waals surface area contributed by atoms with Crippen molar-refractivity contribution in [2.24, 2.45) is 11.8 Å². The quantitative estimate of drug-likeness (QED) is 0.778. The molecule has 0 aliphatic heterocycles. The first-order chi connectivity index (χ1) is 8.04. The third-order valence-electron chi connectivity index (χ3n) is 2.58. The van der Waals surface area contributed by atoms with Crippen LogP contribution < -0.4 is 0 Å². The van der Waals surface area contributed by atoms with E-state index in [1.165, 1.54) is 0 Å². The van der Waals surface area contributed by atoms with Gasteiger partial charge >= 0.3 is 5.97 Å². The highest BCUT2D eigenvalue weighted by Crippen LogP contribution is 2.16. The zero-order valence-electron chi connectivity index (χ0n) is 10.6. The minimum Gasteiger partial charge on any atom is -0.481 e. The normalized spacial score (nSPS) is 12.9. The third kappa shape index (κ3) is 4.13. The largest absolute Gasteiger partial charge is 0.481 e. The van der Waals surface area contributed by atoms with Gasteiger partial charge in [0.25, 0.3) is 0 Å². The molecular formula is C11H20N4O2. The summed E-state index contributed by atoms with van der Waals surface area (Å²) < 4.78 is 1.69. The Kier molecular flexibility index (Phi) is 5.06. The van der Waals surface area contributed by atoms with Gasteiger partial charge in [0.1, 0.15) is 0 Å². The molecule has 0 saturated carbocycles. The van der Waals surface area contributed by atoms with E-state index >= 15 is 0 Å². The highest BCUT2D eigenvalue weighted by Gasteiger charge is 2.22. The smallest absolute Gasteiger partial charge is 0.306 e. The van der Waals surface area contributed by atoms with Crippen molar-refractivity contribution in [1.82, 2.24) is 20.2 Å². The Morgan fingerprint density at radius 1 is 1.47 bits per heavy atom. The van der Waals surface area contributed by atoms with Gasteiger partial charge in [-0.1, -0.05) is 20.8 Å². The fraction of sp³-hybridized carbons (Fsp3) is 0.818. The number of carbonyl (C=O) groups is 1. The number of aromatic nitrogens is 4. The lowest BCUT2D eigenvalue weighted by atomic mass is 9.94. The average molecular weight is 240 g/mol. The predicted molar refractivity (Wildman–Crippen MR) is 62.4 cm³/mol. The summed E-state index contributed by atoms with van der Waals surface area (Å²) in [5.41, 5.74) is 0. The van der Waals surface area contributed by atoms with Crippen LogP contribution in [0.25, 0.3) is 0 Å². The van der Waals surface area contributed by atoms with E-state index < -0.39 is 11.9 Å². The van der Waals surface area contributed by atoms with Crippen LogP contribution in [-0.4, -0.2) is 31.3 Å². The van der Waals surface area contributed by atoms with Crippen molar-refractivity contribution in [2.75, 3.05) is 0 Å². The van der Waals surface area contributed by atoms with Crippen molar-refractivity contribution >= 4 is 5.97 Å². The lowest BCUT2D eigenvalue weighted by molar-refractivity contribution is -0.142. The SMILES string of the molecule is CCCn1nnnc1CC(CC(C)C)C(=O)O. The number of rotatable bonds is 7. The molecule has 0 fully saturated rings. The molecule has 0 aliphatic rings. The standard InChI is InChI=1S/C11H20N4O2/c1-4-5-15-10(12-13-14-15)7-9(11(16)17)6-8(2)3/h8-9H,4-7H2,1-3H3,(H,16,17). The van der Waals surface area contributed by atoms with Gasteiger partial charge in [-0.05, 0) is 29.2 Å². The van der Waals surface area contributed by atoms with Crippen molar-refractivity contribution in [3.05, 3.63) is 5.82 Å². The summed E-state index contributed by atoms with van der Waals surface area (Å²) in [5, 5.41) is 20.5. The summed E-state index contributed by atoms with van der Waals surface area (Å²) in [7, 11) is 0. The molecule has 0 aromatic carbocycles. The molecule has 1 atom stereocenters. The van der Waals surface area contributed by atoms with Gasteiger partial charge in [-0.2, -0.15) is 0 Å². The Morgan fingerprint density at radius 2 is 2.18 bits per heavy atom. The second kappa shape index (κ2) is 6.32. The summed E-state index contributed by atoms with van der Waals surface area (Å²) in [4.78, 5) is 11.2. The average Bonchev–Trinajstić information content (AvgIpc) is 2.64. The minimum atomic E-state index is -0.773. The maximum absolute atomic E-state index is 11.2. The van der Waals surface area contributed by atoms with Gasteiger partial charge in [0.15, 0.2) is 5.82 Å². The molecule has 1 N–H and O–H groups in total. The number of carboxylic acid groups (broad SMARTS) is 1. The molecule has 0 amide bonds. The van der Waals surface area contributed by atoms with Crippen LogP contribution in [0.15, 0.2) is 0 Å². The van der Waals surface area contributed by atoms with Gasteiger partial charge in [-0.15, -0.1) is 5.10 Å². The fourth-order valence-corrected chi connectivity index (χ4v) is 1.82. The topological polar surface area (TPSA) is 80.9 Å². The van der Waals surface area contributed by atoms with Gasteiger partial charge in [0.2, 0.25) is 0 Å². The first-order valence-electron chi connectivity index (χ1n) is 6.02. The summed E-state index contributed by atoms with van der Waals surface area (Å²) in [6, 6.07) is 0. The van der Waals surface area contributed by atoms with Crippen LogP contribution in [0.4, 0.5) is 0 Å². The van der Waals surface area contributed by atoms with E-state index in [-0.39, 0.29) is 0 Å². The van der Waals surface area contributed by atoms with Crippen LogP contribution >= 0.6 is 0 Å². The molecule has 96 valence electrons. The third-order valence-corrected chi connectivity index (χ3v) is 2.58. The molecule has 1 aromatic rings. The minimum absolute atomic E-state index is 0.353. The molecule has 0 aliphatic carbocycles. The van der Waals surface area contributed by atoms with E-state index in [1.807, 2.05) is 20.8 Å². The Balaban J connectivity index is 2.71.